The molecule has 1 heterocycles. The largest absolute Gasteiger partial charge is 0.298 e. The van der Waals surface area contributed by atoms with Gasteiger partial charge in [0.25, 0.3) is 5.91 Å². The Hall–Kier alpha value is -1.71. The maximum atomic E-state index is 12.5. The van der Waals surface area contributed by atoms with Crippen LogP contribution in [0.25, 0.3) is 10.2 Å². The lowest BCUT2D eigenvalue weighted by atomic mass is 10.2. The summed E-state index contributed by atoms with van der Waals surface area (Å²) in [7, 11) is -1.96. The van der Waals surface area contributed by atoms with Crippen molar-refractivity contribution in [3.8, 4) is 0 Å². The molecule has 1 aliphatic rings. The summed E-state index contributed by atoms with van der Waals surface area (Å²) in [6.45, 7) is 0. The molecule has 10 heteroatoms. The van der Waals surface area contributed by atoms with E-state index in [1.807, 2.05) is 0 Å². The topological polar surface area (TPSA) is 79.4 Å². The third-order valence-corrected chi connectivity index (χ3v) is 8.18. The Morgan fingerprint density at radius 3 is 2.50 bits per heavy atom. The molecule has 1 aromatic heterocycles. The highest BCUT2D eigenvalue weighted by Crippen LogP contribution is 2.35. The van der Waals surface area contributed by atoms with Crippen LogP contribution in [0.3, 0.4) is 0 Å². The molecule has 2 aromatic carbocycles. The van der Waals surface area contributed by atoms with Crippen molar-refractivity contribution in [2.24, 2.45) is 0 Å². The first-order valence-corrected chi connectivity index (χ1v) is 11.4. The van der Waals surface area contributed by atoms with Crippen LogP contribution in [0.2, 0.25) is 10.0 Å². The average molecular weight is 456 g/mol. The molecule has 0 atom stereocenters. The average Bonchev–Trinajstić information content (AvgIpc) is 3.44. The first-order valence-electron chi connectivity index (χ1n) is 8.41. The third kappa shape index (κ3) is 3.62. The fourth-order valence-electron chi connectivity index (χ4n) is 2.74. The molecule has 1 amide bonds. The first kappa shape index (κ1) is 19.6. The number of amides is 1. The van der Waals surface area contributed by atoms with E-state index in [4.69, 9.17) is 23.2 Å². The van der Waals surface area contributed by atoms with Gasteiger partial charge >= 0.3 is 0 Å². The maximum Gasteiger partial charge on any atom is 0.257 e. The van der Waals surface area contributed by atoms with Crippen LogP contribution in [0.15, 0.2) is 41.3 Å². The Balaban J connectivity index is 1.53. The molecule has 28 heavy (non-hydrogen) atoms. The number of thiazole rings is 1. The molecule has 1 N–H and O–H groups in total. The molecule has 1 aliphatic carbocycles. The highest BCUT2D eigenvalue weighted by Gasteiger charge is 2.35. The number of carbonyl (C=O) groups excluding carboxylic acids is 1. The predicted molar refractivity (Wildman–Crippen MR) is 112 cm³/mol. The summed E-state index contributed by atoms with van der Waals surface area (Å²) in [4.78, 5) is 17.0. The second kappa shape index (κ2) is 7.27. The van der Waals surface area contributed by atoms with E-state index in [1.165, 1.54) is 39.9 Å². The minimum Gasteiger partial charge on any atom is -0.298 e. The summed E-state index contributed by atoms with van der Waals surface area (Å²) in [5, 5.41) is 3.83. The minimum atomic E-state index is -3.54. The van der Waals surface area contributed by atoms with Crippen molar-refractivity contribution in [1.82, 2.24) is 9.29 Å². The molecular formula is C18H15Cl2N3O3S2. The Morgan fingerprint density at radius 2 is 1.86 bits per heavy atom. The monoisotopic (exact) mass is 455 g/mol. The molecule has 0 saturated heterocycles. The van der Waals surface area contributed by atoms with E-state index in [9.17, 15) is 13.2 Å². The molecule has 0 bridgehead atoms. The van der Waals surface area contributed by atoms with E-state index in [-0.39, 0.29) is 16.8 Å². The third-order valence-electron chi connectivity index (χ3n) is 4.53. The van der Waals surface area contributed by atoms with Crippen molar-refractivity contribution in [2.45, 2.75) is 23.8 Å². The number of hydrogen-bond acceptors (Lipinski definition) is 5. The molecule has 3 aromatic rings. The molecule has 0 aliphatic heterocycles. The second-order valence-electron chi connectivity index (χ2n) is 6.46. The van der Waals surface area contributed by atoms with Crippen molar-refractivity contribution in [1.29, 1.82) is 0 Å². The number of nitrogens with zero attached hydrogens (tertiary/aromatic N) is 2. The van der Waals surface area contributed by atoms with Gasteiger partial charge in [0.15, 0.2) is 5.13 Å². The fraction of sp³-hybridized carbons (Fsp3) is 0.222. The number of fused-ring (bicyclic) bond motifs is 1. The van der Waals surface area contributed by atoms with E-state index >= 15 is 0 Å². The number of hydrogen-bond donors (Lipinski definition) is 1. The predicted octanol–water partition coefficient (Wildman–Crippen LogP) is 4.64. The SMILES string of the molecule is CN(C1CC1)S(=O)(=O)c1ccc(C(=O)Nc2nc3c(Cl)c(Cl)ccc3s2)cc1. The molecule has 0 radical (unpaired) electrons. The van der Waals surface area contributed by atoms with Crippen molar-refractivity contribution in [3.05, 3.63) is 52.0 Å². The van der Waals surface area contributed by atoms with Gasteiger partial charge in [0.05, 0.1) is 19.6 Å². The van der Waals surface area contributed by atoms with Gasteiger partial charge in [0, 0.05) is 18.7 Å². The Kier molecular flexibility index (Phi) is 5.09. The number of anilines is 1. The highest BCUT2D eigenvalue weighted by atomic mass is 35.5. The van der Waals surface area contributed by atoms with Crippen molar-refractivity contribution >= 4 is 65.8 Å². The summed E-state index contributed by atoms with van der Waals surface area (Å²) < 4.78 is 27.3. The summed E-state index contributed by atoms with van der Waals surface area (Å²) in [5.41, 5.74) is 0.857. The lowest BCUT2D eigenvalue weighted by molar-refractivity contribution is 0.102. The molecule has 0 spiro atoms. The second-order valence-corrected chi connectivity index (χ2v) is 10.3. The standard InChI is InChI=1S/C18H15Cl2N3O3S2/c1-23(11-4-5-11)28(25,26)12-6-2-10(3-7-12)17(24)22-18-21-16-14(27-18)9-8-13(19)15(16)20/h2-3,6-9,11H,4-5H2,1H3,(H,21,22,24). The lowest BCUT2D eigenvalue weighted by Crippen LogP contribution is -2.29. The van der Waals surface area contributed by atoms with Gasteiger partial charge in [-0.15, -0.1) is 0 Å². The van der Waals surface area contributed by atoms with Crippen LogP contribution in [-0.2, 0) is 10.0 Å². The van der Waals surface area contributed by atoms with Gasteiger partial charge in [-0.1, -0.05) is 34.5 Å². The van der Waals surface area contributed by atoms with Crippen LogP contribution in [0, 0.1) is 0 Å². The first-order chi connectivity index (χ1) is 13.3. The van der Waals surface area contributed by atoms with Crippen molar-refractivity contribution < 1.29 is 13.2 Å². The number of rotatable bonds is 5. The van der Waals surface area contributed by atoms with Gasteiger partial charge in [-0.3, -0.25) is 10.1 Å². The summed E-state index contributed by atoms with van der Waals surface area (Å²) in [6, 6.07) is 9.39. The zero-order chi connectivity index (χ0) is 20.1. The number of carbonyl (C=O) groups is 1. The molecule has 4 rings (SSSR count). The Bertz CT molecular complexity index is 1170. The van der Waals surface area contributed by atoms with E-state index in [0.717, 1.165) is 17.5 Å². The number of halogens is 2. The minimum absolute atomic E-state index is 0.0762. The van der Waals surface area contributed by atoms with Crippen LogP contribution in [-0.4, -0.2) is 36.7 Å². The zero-order valence-electron chi connectivity index (χ0n) is 14.6. The van der Waals surface area contributed by atoms with E-state index in [1.54, 1.807) is 19.2 Å². The number of sulfonamides is 1. The zero-order valence-corrected chi connectivity index (χ0v) is 17.8. The van der Waals surface area contributed by atoms with Crippen molar-refractivity contribution in [2.75, 3.05) is 12.4 Å². The van der Waals surface area contributed by atoms with Gasteiger partial charge in [-0.25, -0.2) is 13.4 Å². The number of aromatic nitrogens is 1. The van der Waals surface area contributed by atoms with E-state index < -0.39 is 10.0 Å². The summed E-state index contributed by atoms with van der Waals surface area (Å²) in [5.74, 6) is -0.388. The lowest BCUT2D eigenvalue weighted by Gasteiger charge is -2.16. The van der Waals surface area contributed by atoms with Crippen LogP contribution >= 0.6 is 34.5 Å². The summed E-state index contributed by atoms with van der Waals surface area (Å²) >= 11 is 13.4. The fourth-order valence-corrected chi connectivity index (χ4v) is 5.44. The van der Waals surface area contributed by atoms with Gasteiger partial charge in [0.2, 0.25) is 10.0 Å². The molecular weight excluding hydrogens is 441 g/mol. The van der Waals surface area contributed by atoms with Gasteiger partial charge in [0.1, 0.15) is 5.52 Å². The van der Waals surface area contributed by atoms with Crippen LogP contribution in [0.4, 0.5) is 5.13 Å². The molecule has 0 unspecified atom stereocenters. The van der Waals surface area contributed by atoms with Crippen LogP contribution in [0.1, 0.15) is 23.2 Å². The number of nitrogens with one attached hydrogen (secondary N) is 1. The molecule has 1 fully saturated rings. The van der Waals surface area contributed by atoms with Crippen LogP contribution in [0.5, 0.6) is 0 Å². The Labute approximate surface area is 176 Å². The smallest absolute Gasteiger partial charge is 0.257 e. The quantitative estimate of drug-likeness (QED) is 0.607. The van der Waals surface area contributed by atoms with E-state index in [2.05, 4.69) is 10.3 Å². The Morgan fingerprint density at radius 1 is 1.18 bits per heavy atom. The highest BCUT2D eigenvalue weighted by molar-refractivity contribution is 7.89. The number of benzene rings is 2. The van der Waals surface area contributed by atoms with Gasteiger partial charge in [-0.05, 0) is 49.2 Å². The molecule has 146 valence electrons. The van der Waals surface area contributed by atoms with Crippen LogP contribution < -0.4 is 5.32 Å². The summed E-state index contributed by atoms with van der Waals surface area (Å²) in [6.07, 6.45) is 1.77. The molecule has 1 saturated carbocycles. The maximum absolute atomic E-state index is 12.5. The van der Waals surface area contributed by atoms with Crippen molar-refractivity contribution in [3.63, 3.8) is 0 Å². The van der Waals surface area contributed by atoms with E-state index in [0.29, 0.717) is 26.3 Å². The molecule has 6 nitrogen and oxygen atoms in total. The van der Waals surface area contributed by atoms with Gasteiger partial charge < -0.3 is 0 Å². The normalized spacial score (nSPS) is 14.6. The van der Waals surface area contributed by atoms with Gasteiger partial charge in [-0.2, -0.15) is 4.31 Å².